The minimum atomic E-state index is 0.139. The maximum absolute atomic E-state index is 6.15. The number of benzene rings is 3. The number of imidazole rings is 1. The van der Waals surface area contributed by atoms with Crippen LogP contribution in [0.4, 0.5) is 0 Å². The van der Waals surface area contributed by atoms with Gasteiger partial charge in [0, 0.05) is 37.8 Å². The van der Waals surface area contributed by atoms with Crippen molar-refractivity contribution in [2.75, 3.05) is 0 Å². The van der Waals surface area contributed by atoms with Crippen molar-refractivity contribution in [3.05, 3.63) is 76.0 Å². The Bertz CT molecular complexity index is 1280. The van der Waals surface area contributed by atoms with Gasteiger partial charge in [-0.25, -0.2) is 4.98 Å². The third kappa shape index (κ3) is 2.47. The van der Waals surface area contributed by atoms with Gasteiger partial charge < -0.3 is 9.97 Å². The number of rotatable bonds is 2. The van der Waals surface area contributed by atoms with E-state index in [1.165, 1.54) is 10.9 Å². The summed E-state index contributed by atoms with van der Waals surface area (Å²) in [5.41, 5.74) is 5.27. The topological polar surface area (TPSA) is 44.5 Å². The zero-order valence-corrected chi connectivity index (χ0v) is 15.5. The van der Waals surface area contributed by atoms with Crippen LogP contribution < -0.4 is 0 Å². The zero-order chi connectivity index (χ0) is 17.8. The Labute approximate surface area is 160 Å². The highest BCUT2D eigenvalue weighted by molar-refractivity contribution is 6.32. The number of aromatic amines is 2. The Morgan fingerprint density at radius 3 is 2.46 bits per heavy atom. The highest BCUT2D eigenvalue weighted by Crippen LogP contribution is 2.32. The van der Waals surface area contributed by atoms with Crippen molar-refractivity contribution in [1.82, 2.24) is 15.0 Å². The van der Waals surface area contributed by atoms with E-state index >= 15 is 0 Å². The molecule has 0 spiro atoms. The molecule has 3 nitrogen and oxygen atoms in total. The molecule has 0 saturated carbocycles. The van der Waals surface area contributed by atoms with Gasteiger partial charge in [-0.3, -0.25) is 0 Å². The van der Waals surface area contributed by atoms with Crippen LogP contribution in [0.2, 0.25) is 10.0 Å². The standard InChI is InChI=1S/C21H15Cl2N3/c1-11(21-25-18-7-4-14(23)10-20(18)26-21)12-2-5-15-16-9-13(22)3-6-17(16)24-19(15)8-12/h2-11,24H,1H3,(H,25,26)/t11-/m0/s1. The number of fused-ring (bicyclic) bond motifs is 4. The lowest BCUT2D eigenvalue weighted by Crippen LogP contribution is -1.98. The molecule has 5 aromatic rings. The van der Waals surface area contributed by atoms with Gasteiger partial charge in [0.2, 0.25) is 0 Å². The van der Waals surface area contributed by atoms with Crippen molar-refractivity contribution in [2.24, 2.45) is 0 Å². The number of hydrogen-bond donors (Lipinski definition) is 2. The number of hydrogen-bond acceptors (Lipinski definition) is 1. The van der Waals surface area contributed by atoms with Gasteiger partial charge in [-0.1, -0.05) is 42.3 Å². The van der Waals surface area contributed by atoms with Crippen molar-refractivity contribution in [3.8, 4) is 0 Å². The molecule has 0 radical (unpaired) electrons. The quantitative estimate of drug-likeness (QED) is 0.354. The van der Waals surface area contributed by atoms with Crippen LogP contribution in [0.25, 0.3) is 32.8 Å². The van der Waals surface area contributed by atoms with Crippen LogP contribution in [0, 0.1) is 0 Å². The van der Waals surface area contributed by atoms with Gasteiger partial charge >= 0.3 is 0 Å². The van der Waals surface area contributed by atoms with E-state index in [0.29, 0.717) is 5.02 Å². The van der Waals surface area contributed by atoms with E-state index in [1.54, 1.807) is 0 Å². The molecule has 2 aromatic heterocycles. The predicted molar refractivity (Wildman–Crippen MR) is 109 cm³/mol. The fraction of sp³-hybridized carbons (Fsp3) is 0.0952. The first kappa shape index (κ1) is 15.7. The van der Waals surface area contributed by atoms with Gasteiger partial charge in [0.25, 0.3) is 0 Å². The molecule has 5 rings (SSSR count). The fourth-order valence-corrected chi connectivity index (χ4v) is 3.87. The number of nitrogens with zero attached hydrogens (tertiary/aromatic N) is 1. The van der Waals surface area contributed by atoms with Crippen molar-refractivity contribution in [2.45, 2.75) is 12.8 Å². The van der Waals surface area contributed by atoms with Crippen LogP contribution in [0.1, 0.15) is 24.2 Å². The molecule has 0 aliphatic heterocycles. The molecular weight excluding hydrogens is 365 g/mol. The largest absolute Gasteiger partial charge is 0.355 e. The highest BCUT2D eigenvalue weighted by atomic mass is 35.5. The van der Waals surface area contributed by atoms with Crippen LogP contribution in [0.5, 0.6) is 0 Å². The lowest BCUT2D eigenvalue weighted by molar-refractivity contribution is 0.847. The van der Waals surface area contributed by atoms with Gasteiger partial charge in [-0.05, 0) is 48.0 Å². The van der Waals surface area contributed by atoms with Crippen LogP contribution in [0.15, 0.2) is 54.6 Å². The first-order chi connectivity index (χ1) is 12.6. The minimum Gasteiger partial charge on any atom is -0.355 e. The van der Waals surface area contributed by atoms with E-state index < -0.39 is 0 Å². The zero-order valence-electron chi connectivity index (χ0n) is 14.0. The fourth-order valence-electron chi connectivity index (χ4n) is 3.53. The third-order valence-electron chi connectivity index (χ3n) is 4.96. The van der Waals surface area contributed by atoms with E-state index in [0.717, 1.165) is 38.3 Å². The summed E-state index contributed by atoms with van der Waals surface area (Å²) >= 11 is 12.2. The average molecular weight is 380 g/mol. The lowest BCUT2D eigenvalue weighted by Gasteiger charge is -2.09. The first-order valence-corrected chi connectivity index (χ1v) is 9.20. The molecule has 0 saturated heterocycles. The summed E-state index contributed by atoms with van der Waals surface area (Å²) in [6.07, 6.45) is 0. The second-order valence-corrected chi connectivity index (χ2v) is 7.50. The Morgan fingerprint density at radius 2 is 1.58 bits per heavy atom. The molecule has 0 amide bonds. The summed E-state index contributed by atoms with van der Waals surface area (Å²) in [6, 6.07) is 18.1. The molecule has 26 heavy (non-hydrogen) atoms. The Hall–Kier alpha value is -2.49. The molecule has 2 N–H and O–H groups in total. The van der Waals surface area contributed by atoms with Gasteiger partial charge in [-0.2, -0.15) is 0 Å². The maximum Gasteiger partial charge on any atom is 0.114 e. The SMILES string of the molecule is C[C@@H](c1ccc2c(c1)[nH]c1ccc(Cl)cc12)c1nc2ccc(Cl)cc2[nH]1. The molecule has 2 heterocycles. The molecule has 0 unspecified atom stereocenters. The van der Waals surface area contributed by atoms with Crippen LogP contribution in [-0.4, -0.2) is 15.0 Å². The predicted octanol–water partition coefficient (Wildman–Crippen LogP) is 6.66. The molecule has 0 aliphatic rings. The van der Waals surface area contributed by atoms with Crippen LogP contribution in [0.3, 0.4) is 0 Å². The number of H-pyrrole nitrogens is 2. The summed E-state index contributed by atoms with van der Waals surface area (Å²) < 4.78 is 0. The van der Waals surface area contributed by atoms with E-state index in [9.17, 15) is 0 Å². The van der Waals surface area contributed by atoms with Crippen molar-refractivity contribution in [3.63, 3.8) is 0 Å². The Balaban J connectivity index is 1.61. The summed E-state index contributed by atoms with van der Waals surface area (Å²) in [5.74, 6) is 1.07. The third-order valence-corrected chi connectivity index (χ3v) is 5.43. The number of nitrogens with one attached hydrogen (secondary N) is 2. The molecule has 5 heteroatoms. The molecular formula is C21H15Cl2N3. The summed E-state index contributed by atoms with van der Waals surface area (Å²) in [4.78, 5) is 11.6. The van der Waals surface area contributed by atoms with E-state index in [2.05, 4.69) is 35.1 Å². The first-order valence-electron chi connectivity index (χ1n) is 8.44. The molecule has 0 fully saturated rings. The average Bonchev–Trinajstić information content (AvgIpc) is 3.21. The summed E-state index contributed by atoms with van der Waals surface area (Å²) in [6.45, 7) is 2.15. The van der Waals surface area contributed by atoms with Crippen molar-refractivity contribution in [1.29, 1.82) is 0 Å². The van der Waals surface area contributed by atoms with Crippen molar-refractivity contribution < 1.29 is 0 Å². The second kappa shape index (κ2) is 5.76. The van der Waals surface area contributed by atoms with Crippen molar-refractivity contribution >= 4 is 56.0 Å². The maximum atomic E-state index is 6.15. The van der Waals surface area contributed by atoms with Gasteiger partial charge in [0.15, 0.2) is 0 Å². The summed E-state index contributed by atoms with van der Waals surface area (Å²) in [7, 11) is 0. The van der Waals surface area contributed by atoms with Gasteiger partial charge in [0.05, 0.1) is 11.0 Å². The van der Waals surface area contributed by atoms with Gasteiger partial charge in [-0.15, -0.1) is 0 Å². The van der Waals surface area contributed by atoms with E-state index in [-0.39, 0.29) is 5.92 Å². The second-order valence-electron chi connectivity index (χ2n) is 6.63. The molecule has 128 valence electrons. The monoisotopic (exact) mass is 379 g/mol. The summed E-state index contributed by atoms with van der Waals surface area (Å²) in [5, 5.41) is 3.77. The number of halogens is 2. The lowest BCUT2D eigenvalue weighted by atomic mass is 9.99. The van der Waals surface area contributed by atoms with E-state index in [4.69, 9.17) is 28.2 Å². The highest BCUT2D eigenvalue weighted by Gasteiger charge is 2.15. The van der Waals surface area contributed by atoms with Crippen LogP contribution in [-0.2, 0) is 0 Å². The van der Waals surface area contributed by atoms with E-state index in [1.807, 2.05) is 36.4 Å². The molecule has 0 aliphatic carbocycles. The molecule has 0 bridgehead atoms. The normalized spacial score (nSPS) is 13.0. The van der Waals surface area contributed by atoms with Gasteiger partial charge in [0.1, 0.15) is 5.82 Å². The minimum absolute atomic E-state index is 0.139. The Morgan fingerprint density at radius 1 is 0.769 bits per heavy atom. The van der Waals surface area contributed by atoms with Crippen LogP contribution >= 0.6 is 23.2 Å². The molecule has 3 aromatic carbocycles. The molecule has 1 atom stereocenters. The number of aromatic nitrogens is 3. The smallest absolute Gasteiger partial charge is 0.114 e. The Kier molecular flexibility index (Phi) is 3.49.